The van der Waals surface area contributed by atoms with E-state index >= 15 is 0 Å². The van der Waals surface area contributed by atoms with Crippen LogP contribution in [0.15, 0.2) is 48.7 Å². The van der Waals surface area contributed by atoms with E-state index in [0.29, 0.717) is 101 Å². The van der Waals surface area contributed by atoms with Gasteiger partial charge in [-0.1, -0.05) is 18.2 Å². The molecule has 2 aromatic carbocycles. The van der Waals surface area contributed by atoms with Crippen molar-refractivity contribution in [3.8, 4) is 28.4 Å². The topological polar surface area (TPSA) is 153 Å². The van der Waals surface area contributed by atoms with E-state index < -0.39 is 5.82 Å². The Morgan fingerprint density at radius 2 is 1.50 bits per heavy atom. The number of methoxy groups -OCH3 is 1. The number of ether oxygens (including phenoxy) is 5. The molecule has 0 unspecified atom stereocenters. The fourth-order valence-electron chi connectivity index (χ4n) is 5.44. The van der Waals surface area contributed by atoms with Crippen LogP contribution in [0.1, 0.15) is 12.8 Å². The van der Waals surface area contributed by atoms with Crippen LogP contribution in [0, 0.1) is 5.82 Å². The molecular formula is C35H44FN7O7. The van der Waals surface area contributed by atoms with E-state index in [4.69, 9.17) is 23.7 Å². The number of hydrogen-bond acceptors (Lipinski definition) is 11. The van der Waals surface area contributed by atoms with Gasteiger partial charge in [-0.05, 0) is 24.3 Å². The number of rotatable bonds is 19. The Balaban J connectivity index is 0.988. The lowest BCUT2D eigenvalue weighted by Crippen LogP contribution is -2.49. The Labute approximate surface area is 290 Å². The van der Waals surface area contributed by atoms with Gasteiger partial charge < -0.3 is 38.8 Å². The van der Waals surface area contributed by atoms with Crippen molar-refractivity contribution in [2.75, 3.05) is 98.1 Å². The van der Waals surface area contributed by atoms with Gasteiger partial charge in [-0.3, -0.25) is 14.7 Å². The predicted octanol–water partition coefficient (Wildman–Crippen LogP) is 3.08. The molecule has 50 heavy (non-hydrogen) atoms. The number of aromatic nitrogens is 4. The number of amides is 2. The largest absolute Gasteiger partial charge is 0.496 e. The molecule has 1 aliphatic heterocycles. The van der Waals surface area contributed by atoms with Gasteiger partial charge in [-0.15, -0.1) is 0 Å². The molecule has 1 saturated heterocycles. The third-order valence-electron chi connectivity index (χ3n) is 8.19. The zero-order chi connectivity index (χ0) is 35.1. The molecule has 0 radical (unpaired) electrons. The summed E-state index contributed by atoms with van der Waals surface area (Å²) >= 11 is 0. The first-order valence-corrected chi connectivity index (χ1v) is 16.7. The molecule has 0 atom stereocenters. The van der Waals surface area contributed by atoms with Crippen molar-refractivity contribution in [2.24, 2.45) is 0 Å². The molecule has 3 heterocycles. The van der Waals surface area contributed by atoms with E-state index in [2.05, 4.69) is 30.4 Å². The number of halogens is 1. The van der Waals surface area contributed by atoms with Gasteiger partial charge in [0.15, 0.2) is 5.82 Å². The highest BCUT2D eigenvalue weighted by molar-refractivity contribution is 5.90. The maximum Gasteiger partial charge on any atom is 0.225 e. The van der Waals surface area contributed by atoms with Gasteiger partial charge in [0.05, 0.1) is 78.1 Å². The van der Waals surface area contributed by atoms with Crippen LogP contribution in [0.2, 0.25) is 0 Å². The molecule has 15 heteroatoms. The maximum atomic E-state index is 14.7. The van der Waals surface area contributed by atoms with Crippen molar-refractivity contribution in [2.45, 2.75) is 12.8 Å². The number of nitrogens with one attached hydrogen (secondary N) is 2. The van der Waals surface area contributed by atoms with Crippen LogP contribution in [0.5, 0.6) is 5.75 Å². The number of piperazine rings is 1. The second-order valence-electron chi connectivity index (χ2n) is 11.4. The molecular weight excluding hydrogens is 649 g/mol. The monoisotopic (exact) mass is 693 g/mol. The van der Waals surface area contributed by atoms with Crippen LogP contribution in [0.3, 0.4) is 0 Å². The Hall–Kier alpha value is -4.70. The fraction of sp³-hybridized carbons (Fsp3) is 0.457. The molecule has 0 bridgehead atoms. The molecule has 1 fully saturated rings. The summed E-state index contributed by atoms with van der Waals surface area (Å²) in [5.41, 5.74) is 3.96. The lowest BCUT2D eigenvalue weighted by atomic mass is 10.1. The number of hydrogen-bond donors (Lipinski definition) is 2. The van der Waals surface area contributed by atoms with Crippen LogP contribution < -0.4 is 15.0 Å². The number of carbonyl (C=O) groups is 2. The van der Waals surface area contributed by atoms with Gasteiger partial charge in [0.25, 0.3) is 0 Å². The van der Waals surface area contributed by atoms with Crippen molar-refractivity contribution >= 4 is 28.5 Å². The SMILES string of the molecule is CNC(=O)CCOCCOCCOCCOCCC(=O)N1CCN(c2ccc(-c3n[nH]c4cnc(-c5c(F)cccc5OC)nc34)cc2)CC1. The maximum absolute atomic E-state index is 14.7. The van der Waals surface area contributed by atoms with Crippen LogP contribution in [-0.4, -0.2) is 130 Å². The number of anilines is 1. The second-order valence-corrected chi connectivity index (χ2v) is 11.4. The Morgan fingerprint density at radius 1 is 0.860 bits per heavy atom. The van der Waals surface area contributed by atoms with Gasteiger partial charge >= 0.3 is 0 Å². The van der Waals surface area contributed by atoms with Crippen LogP contribution >= 0.6 is 0 Å². The summed E-state index contributed by atoms with van der Waals surface area (Å²) < 4.78 is 41.9. The van der Waals surface area contributed by atoms with Crippen molar-refractivity contribution in [3.63, 3.8) is 0 Å². The standard InChI is InChI=1S/C35H44FN7O7/c1-37-30(44)10-16-47-18-20-49-22-23-50-21-19-48-17-11-31(45)43-14-12-42(13-15-43)26-8-6-25(7-9-26)33-34-28(40-41-33)24-38-35(39-34)32-27(36)4-3-5-29(32)46-2/h3-9,24H,10-23H2,1-2H3,(H,37,44)(H,40,41). The molecule has 1 aliphatic rings. The first-order valence-electron chi connectivity index (χ1n) is 16.7. The van der Waals surface area contributed by atoms with Gasteiger partial charge in [-0.2, -0.15) is 5.10 Å². The Bertz CT molecular complexity index is 1680. The van der Waals surface area contributed by atoms with E-state index in [1.54, 1.807) is 25.4 Å². The summed E-state index contributed by atoms with van der Waals surface area (Å²) in [4.78, 5) is 37.0. The van der Waals surface area contributed by atoms with Crippen molar-refractivity contribution in [1.29, 1.82) is 0 Å². The quantitative estimate of drug-likeness (QED) is 0.139. The van der Waals surface area contributed by atoms with Crippen molar-refractivity contribution in [3.05, 3.63) is 54.5 Å². The summed E-state index contributed by atoms with van der Waals surface area (Å²) in [7, 11) is 3.08. The summed E-state index contributed by atoms with van der Waals surface area (Å²) in [6.07, 6.45) is 2.25. The van der Waals surface area contributed by atoms with E-state index in [-0.39, 0.29) is 23.2 Å². The Morgan fingerprint density at radius 3 is 2.14 bits per heavy atom. The summed E-state index contributed by atoms with van der Waals surface area (Å²) in [5, 5.41) is 9.97. The minimum atomic E-state index is -0.468. The number of aromatic amines is 1. The zero-order valence-corrected chi connectivity index (χ0v) is 28.5. The average Bonchev–Trinajstić information content (AvgIpc) is 3.58. The summed E-state index contributed by atoms with van der Waals surface area (Å²) in [5.74, 6) is 0.124. The third-order valence-corrected chi connectivity index (χ3v) is 8.19. The van der Waals surface area contributed by atoms with E-state index in [9.17, 15) is 14.0 Å². The lowest BCUT2D eigenvalue weighted by molar-refractivity contribution is -0.132. The number of carbonyl (C=O) groups excluding carboxylic acids is 2. The smallest absolute Gasteiger partial charge is 0.225 e. The highest BCUT2D eigenvalue weighted by Crippen LogP contribution is 2.33. The molecule has 0 spiro atoms. The minimum Gasteiger partial charge on any atom is -0.496 e. The first-order chi connectivity index (χ1) is 24.5. The fourth-order valence-corrected chi connectivity index (χ4v) is 5.44. The predicted molar refractivity (Wildman–Crippen MR) is 184 cm³/mol. The van der Waals surface area contributed by atoms with Gasteiger partial charge in [0, 0.05) is 50.9 Å². The Kier molecular flexibility index (Phi) is 13.8. The first kappa shape index (κ1) is 36.6. The average molecular weight is 694 g/mol. The van der Waals surface area contributed by atoms with E-state index in [1.807, 2.05) is 29.2 Å². The number of benzene rings is 2. The molecule has 2 amide bonds. The van der Waals surface area contributed by atoms with Crippen molar-refractivity contribution in [1.82, 2.24) is 30.4 Å². The number of nitrogens with zero attached hydrogens (tertiary/aromatic N) is 5. The number of fused-ring (bicyclic) bond motifs is 1. The lowest BCUT2D eigenvalue weighted by Gasteiger charge is -2.36. The molecule has 4 aromatic rings. The molecule has 268 valence electrons. The second kappa shape index (κ2) is 18.9. The van der Waals surface area contributed by atoms with Crippen LogP contribution in [0.25, 0.3) is 33.7 Å². The highest BCUT2D eigenvalue weighted by atomic mass is 19.1. The third kappa shape index (κ3) is 9.94. The molecule has 0 saturated carbocycles. The van der Waals surface area contributed by atoms with Gasteiger partial charge in [0.1, 0.15) is 28.3 Å². The molecule has 2 N–H and O–H groups in total. The van der Waals surface area contributed by atoms with Gasteiger partial charge in [0.2, 0.25) is 11.8 Å². The van der Waals surface area contributed by atoms with E-state index in [1.165, 1.54) is 13.2 Å². The summed E-state index contributed by atoms with van der Waals surface area (Å²) in [6.45, 7) is 5.99. The van der Waals surface area contributed by atoms with Gasteiger partial charge in [-0.25, -0.2) is 14.4 Å². The number of H-pyrrole nitrogens is 1. The molecule has 14 nitrogen and oxygen atoms in total. The van der Waals surface area contributed by atoms with E-state index in [0.717, 1.165) is 24.3 Å². The zero-order valence-electron chi connectivity index (χ0n) is 28.5. The van der Waals surface area contributed by atoms with Crippen LogP contribution in [-0.2, 0) is 28.5 Å². The summed E-state index contributed by atoms with van der Waals surface area (Å²) in [6, 6.07) is 12.6. The molecule has 0 aliphatic carbocycles. The normalized spacial score (nSPS) is 13.2. The highest BCUT2D eigenvalue weighted by Gasteiger charge is 2.22. The molecule has 5 rings (SSSR count). The van der Waals surface area contributed by atoms with Crippen molar-refractivity contribution < 1.29 is 37.7 Å². The minimum absolute atomic E-state index is 0.0509. The van der Waals surface area contributed by atoms with Crippen LogP contribution in [0.4, 0.5) is 10.1 Å². The molecule has 2 aromatic heterocycles.